The fourth-order valence-electron chi connectivity index (χ4n) is 3.30. The van der Waals surface area contributed by atoms with Crippen molar-refractivity contribution in [1.82, 2.24) is 14.5 Å². The molecule has 10 heteroatoms. The molecular weight excluding hydrogens is 468 g/mol. The maximum atomic E-state index is 13.6. The van der Waals surface area contributed by atoms with E-state index in [-0.39, 0.29) is 12.5 Å². The molecule has 0 saturated heterocycles. The molecule has 2 aromatic rings. The highest BCUT2D eigenvalue weighted by Crippen LogP contribution is 2.21. The number of anilines is 1. The molecule has 0 bridgehead atoms. The molecule has 0 spiro atoms. The quantitative estimate of drug-likeness (QED) is 0.536. The summed E-state index contributed by atoms with van der Waals surface area (Å²) in [7, 11) is 0.401. The molecule has 2 rings (SSSR count). The van der Waals surface area contributed by atoms with E-state index in [1.807, 2.05) is 20.8 Å². The predicted octanol–water partition coefficient (Wildman–Crippen LogP) is 2.64. The van der Waals surface area contributed by atoms with Crippen molar-refractivity contribution in [3.63, 3.8) is 0 Å². The van der Waals surface area contributed by atoms with Crippen molar-refractivity contribution in [1.29, 1.82) is 0 Å². The number of nitrogens with one attached hydrogen (secondary N) is 1. The lowest BCUT2D eigenvalue weighted by molar-refractivity contribution is -0.140. The summed E-state index contributed by atoms with van der Waals surface area (Å²) in [5.74, 6) is -0.176. The monoisotopic (exact) mass is 504 g/mol. The summed E-state index contributed by atoms with van der Waals surface area (Å²) < 4.78 is 33.5. The third-order valence-electron chi connectivity index (χ3n) is 5.24. The van der Waals surface area contributed by atoms with Crippen LogP contribution in [0.5, 0.6) is 5.75 Å². The summed E-state index contributed by atoms with van der Waals surface area (Å²) in [5.41, 5.74) is 0.631. The van der Waals surface area contributed by atoms with Crippen molar-refractivity contribution >= 4 is 27.7 Å². The number of carbonyl (C=O) groups excluding carboxylic acids is 2. The number of benzene rings is 2. The van der Waals surface area contributed by atoms with Crippen LogP contribution in [0.3, 0.4) is 0 Å². The summed E-state index contributed by atoms with van der Waals surface area (Å²) in [6.45, 7) is 6.85. The Morgan fingerprint density at radius 3 is 2.06 bits per heavy atom. The second-order valence-corrected chi connectivity index (χ2v) is 11.5. The average molecular weight is 505 g/mol. The van der Waals surface area contributed by atoms with Gasteiger partial charge in [0, 0.05) is 26.2 Å². The average Bonchev–Trinajstić information content (AvgIpc) is 2.80. The Hall–Kier alpha value is -3.11. The summed E-state index contributed by atoms with van der Waals surface area (Å²) in [5, 5.41) is 2.90. The van der Waals surface area contributed by atoms with Crippen LogP contribution in [-0.2, 0) is 26.3 Å². The van der Waals surface area contributed by atoms with Crippen LogP contribution in [0, 0.1) is 0 Å². The number of ether oxygens (including phenoxy) is 1. The van der Waals surface area contributed by atoms with Gasteiger partial charge in [0.2, 0.25) is 11.8 Å². The van der Waals surface area contributed by atoms with Crippen LogP contribution in [0.1, 0.15) is 33.3 Å². The molecular formula is C25H36N4O5S. The van der Waals surface area contributed by atoms with Gasteiger partial charge in [-0.15, -0.1) is 0 Å². The summed E-state index contributed by atoms with van der Waals surface area (Å²) in [4.78, 5) is 28.0. The van der Waals surface area contributed by atoms with E-state index in [1.54, 1.807) is 68.6 Å². The number of nitrogens with zero attached hydrogens (tertiary/aromatic N) is 3. The molecule has 192 valence electrons. The first-order valence-electron chi connectivity index (χ1n) is 11.3. The topological polar surface area (TPSA) is 99.3 Å². The lowest BCUT2D eigenvalue weighted by atomic mass is 10.1. The molecule has 0 aliphatic heterocycles. The van der Waals surface area contributed by atoms with Crippen molar-refractivity contribution in [3.05, 3.63) is 60.2 Å². The molecule has 0 fully saturated rings. The molecule has 0 aliphatic rings. The molecule has 0 unspecified atom stereocenters. The van der Waals surface area contributed by atoms with E-state index < -0.39 is 34.2 Å². The van der Waals surface area contributed by atoms with E-state index in [0.29, 0.717) is 11.4 Å². The number of hydrogen-bond acceptors (Lipinski definition) is 5. The fraction of sp³-hybridized carbons (Fsp3) is 0.440. The van der Waals surface area contributed by atoms with Gasteiger partial charge in [-0.2, -0.15) is 12.7 Å². The summed E-state index contributed by atoms with van der Waals surface area (Å²) in [6, 6.07) is 14.7. The van der Waals surface area contributed by atoms with Gasteiger partial charge < -0.3 is 15.0 Å². The van der Waals surface area contributed by atoms with Gasteiger partial charge in [-0.25, -0.2) is 4.31 Å². The minimum atomic E-state index is -3.98. The van der Waals surface area contributed by atoms with Gasteiger partial charge in [0.25, 0.3) is 0 Å². The first-order valence-corrected chi connectivity index (χ1v) is 12.7. The molecule has 2 aromatic carbocycles. The van der Waals surface area contributed by atoms with Crippen LogP contribution in [0.4, 0.5) is 5.69 Å². The third kappa shape index (κ3) is 7.69. The van der Waals surface area contributed by atoms with E-state index in [2.05, 4.69) is 5.32 Å². The van der Waals surface area contributed by atoms with Gasteiger partial charge in [-0.3, -0.25) is 9.59 Å². The van der Waals surface area contributed by atoms with E-state index >= 15 is 0 Å². The van der Waals surface area contributed by atoms with Crippen molar-refractivity contribution in [2.24, 2.45) is 0 Å². The van der Waals surface area contributed by atoms with Crippen molar-refractivity contribution in [2.45, 2.75) is 45.8 Å². The highest BCUT2D eigenvalue weighted by molar-refractivity contribution is 7.90. The minimum Gasteiger partial charge on any atom is -0.497 e. The van der Waals surface area contributed by atoms with E-state index in [9.17, 15) is 18.0 Å². The first-order chi connectivity index (χ1) is 16.3. The number of rotatable bonds is 10. The number of amides is 2. The van der Waals surface area contributed by atoms with Crippen LogP contribution in [0.2, 0.25) is 0 Å². The molecule has 0 aromatic heterocycles. The second-order valence-electron chi connectivity index (χ2n) is 9.42. The maximum Gasteiger partial charge on any atom is 0.304 e. The molecule has 35 heavy (non-hydrogen) atoms. The van der Waals surface area contributed by atoms with Crippen LogP contribution < -0.4 is 14.4 Å². The van der Waals surface area contributed by atoms with Crippen molar-refractivity contribution < 1.29 is 22.7 Å². The Bertz CT molecular complexity index is 1100. The normalized spacial score (nSPS) is 12.7. The molecule has 1 atom stereocenters. The van der Waals surface area contributed by atoms with Crippen LogP contribution in [-0.4, -0.2) is 68.8 Å². The highest BCUT2D eigenvalue weighted by atomic mass is 32.2. The highest BCUT2D eigenvalue weighted by Gasteiger charge is 2.33. The molecule has 0 heterocycles. The molecule has 1 N–H and O–H groups in total. The Kier molecular flexibility index (Phi) is 9.28. The Balaban J connectivity index is 2.43. The molecule has 0 radical (unpaired) electrons. The zero-order chi connectivity index (χ0) is 26.4. The first kappa shape index (κ1) is 28.1. The zero-order valence-electron chi connectivity index (χ0n) is 21.5. The standard InChI is InChI=1S/C25H36N4O5S/c1-19(24(31)26-25(2,3)4)28(17-20-13-15-22(34-7)16-14-20)23(30)18-29(35(32,33)27(5)6)21-11-9-8-10-12-21/h8-16,19H,17-18H2,1-7H3,(H,26,31)/t19-/m0/s1. The minimum absolute atomic E-state index is 0.117. The maximum absolute atomic E-state index is 13.6. The van der Waals surface area contributed by atoms with Gasteiger partial charge in [0.1, 0.15) is 18.3 Å². The Morgan fingerprint density at radius 2 is 1.57 bits per heavy atom. The van der Waals surface area contributed by atoms with Crippen LogP contribution in [0.25, 0.3) is 0 Å². The third-order valence-corrected chi connectivity index (χ3v) is 7.06. The SMILES string of the molecule is COc1ccc(CN(C(=O)CN(c2ccccc2)S(=O)(=O)N(C)C)[C@@H](C)C(=O)NC(C)(C)C)cc1. The summed E-state index contributed by atoms with van der Waals surface area (Å²) >= 11 is 0. The van der Waals surface area contributed by atoms with E-state index in [4.69, 9.17) is 4.74 Å². The lowest BCUT2D eigenvalue weighted by Gasteiger charge is -2.34. The largest absolute Gasteiger partial charge is 0.497 e. The van der Waals surface area contributed by atoms with E-state index in [1.165, 1.54) is 19.0 Å². The fourth-order valence-corrected chi connectivity index (χ4v) is 4.35. The van der Waals surface area contributed by atoms with Gasteiger partial charge in [0.15, 0.2) is 0 Å². The van der Waals surface area contributed by atoms with Gasteiger partial charge >= 0.3 is 10.2 Å². The Morgan fingerprint density at radius 1 is 1.00 bits per heavy atom. The number of para-hydroxylation sites is 1. The van der Waals surface area contributed by atoms with Gasteiger partial charge in [-0.1, -0.05) is 30.3 Å². The van der Waals surface area contributed by atoms with E-state index in [0.717, 1.165) is 14.2 Å². The Labute approximate surface area is 208 Å². The number of hydrogen-bond donors (Lipinski definition) is 1. The van der Waals surface area contributed by atoms with Crippen molar-refractivity contribution in [2.75, 3.05) is 32.1 Å². The molecule has 0 saturated carbocycles. The molecule has 0 aliphatic carbocycles. The van der Waals surface area contributed by atoms with Gasteiger partial charge in [-0.05, 0) is 57.5 Å². The molecule has 9 nitrogen and oxygen atoms in total. The van der Waals surface area contributed by atoms with Crippen LogP contribution >= 0.6 is 0 Å². The van der Waals surface area contributed by atoms with Gasteiger partial charge in [0.05, 0.1) is 12.8 Å². The number of carbonyl (C=O) groups is 2. The number of methoxy groups -OCH3 is 1. The van der Waals surface area contributed by atoms with Crippen LogP contribution in [0.15, 0.2) is 54.6 Å². The smallest absolute Gasteiger partial charge is 0.304 e. The summed E-state index contributed by atoms with van der Waals surface area (Å²) in [6.07, 6.45) is 0. The lowest BCUT2D eigenvalue weighted by Crippen LogP contribution is -2.54. The zero-order valence-corrected chi connectivity index (χ0v) is 22.3. The predicted molar refractivity (Wildman–Crippen MR) is 137 cm³/mol. The molecule has 2 amide bonds. The van der Waals surface area contributed by atoms with Crippen molar-refractivity contribution in [3.8, 4) is 5.75 Å². The second kappa shape index (κ2) is 11.5.